The number of benzene rings is 2. The minimum atomic E-state index is -1.26. The molecule has 1 saturated heterocycles. The van der Waals surface area contributed by atoms with Crippen LogP contribution >= 0.6 is 23.2 Å². The first-order chi connectivity index (χ1) is 16.3. The molecule has 8 heteroatoms. The highest BCUT2D eigenvalue weighted by Crippen LogP contribution is 2.69. The Morgan fingerprint density at radius 1 is 0.912 bits per heavy atom. The van der Waals surface area contributed by atoms with Crippen molar-refractivity contribution >= 4 is 40.9 Å². The van der Waals surface area contributed by atoms with E-state index >= 15 is 0 Å². The third-order valence-electron chi connectivity index (χ3n) is 7.40. The molecule has 0 radical (unpaired) electrons. The van der Waals surface area contributed by atoms with Gasteiger partial charge >= 0.3 is 0 Å². The number of imide groups is 1. The highest BCUT2D eigenvalue weighted by molar-refractivity contribution is 6.36. The predicted molar refractivity (Wildman–Crippen MR) is 125 cm³/mol. The first-order valence-electron chi connectivity index (χ1n) is 11.1. The number of halogens is 2. The van der Waals surface area contributed by atoms with Crippen molar-refractivity contribution in [3.05, 3.63) is 94.9 Å². The van der Waals surface area contributed by atoms with Crippen molar-refractivity contribution < 1.29 is 18.8 Å². The summed E-state index contributed by atoms with van der Waals surface area (Å²) in [5, 5.41) is 2.73. The Hall–Kier alpha value is -3.09. The Kier molecular flexibility index (Phi) is 4.54. The summed E-state index contributed by atoms with van der Waals surface area (Å²) in [7, 11) is 0. The van der Waals surface area contributed by atoms with Gasteiger partial charge in [-0.2, -0.15) is 0 Å². The summed E-state index contributed by atoms with van der Waals surface area (Å²) >= 11 is 14.8. The number of alkyl halides is 2. The van der Waals surface area contributed by atoms with Crippen LogP contribution in [0.3, 0.4) is 0 Å². The van der Waals surface area contributed by atoms with Gasteiger partial charge in [-0.1, -0.05) is 48.5 Å². The largest absolute Gasteiger partial charge is 0.467 e. The van der Waals surface area contributed by atoms with Gasteiger partial charge in [0.25, 0.3) is 0 Å². The Labute approximate surface area is 205 Å². The zero-order valence-corrected chi connectivity index (χ0v) is 19.6. The molecule has 3 amide bonds. The summed E-state index contributed by atoms with van der Waals surface area (Å²) < 4.78 is 5.25. The van der Waals surface area contributed by atoms with Gasteiger partial charge < -0.3 is 9.73 Å². The van der Waals surface area contributed by atoms with Crippen molar-refractivity contribution in [1.29, 1.82) is 0 Å². The molecule has 1 N–H and O–H groups in total. The number of hydrogen-bond donors (Lipinski definition) is 1. The number of hydrogen-bond acceptors (Lipinski definition) is 4. The number of nitrogens with one attached hydrogen (secondary N) is 1. The first-order valence-corrected chi connectivity index (χ1v) is 11.8. The zero-order valence-electron chi connectivity index (χ0n) is 18.1. The molecule has 3 atom stereocenters. The second-order valence-corrected chi connectivity index (χ2v) is 10.2. The van der Waals surface area contributed by atoms with E-state index in [1.165, 1.54) is 13.2 Å². The van der Waals surface area contributed by atoms with Crippen LogP contribution in [0.5, 0.6) is 0 Å². The van der Waals surface area contributed by atoms with E-state index in [9.17, 15) is 14.4 Å². The molecule has 0 unspecified atom stereocenters. The van der Waals surface area contributed by atoms with Gasteiger partial charge in [-0.05, 0) is 41.3 Å². The molecule has 4 aliphatic rings. The number of rotatable bonds is 4. The molecule has 2 heterocycles. The average molecular weight is 495 g/mol. The fraction of sp³-hybridized carbons (Fsp3) is 0.269. The number of amides is 3. The number of carbonyl (C=O) groups is 3. The van der Waals surface area contributed by atoms with E-state index in [1.54, 1.807) is 12.1 Å². The molecule has 34 heavy (non-hydrogen) atoms. The SMILES string of the molecule is C[C@H](C(=O)NCc1ccco1)N1C(=O)[C@@H]2[C@H](C1=O)C1(Cl)c3ccccc3C2(Cl)c2ccccc21. The van der Waals surface area contributed by atoms with E-state index in [-0.39, 0.29) is 6.54 Å². The lowest BCUT2D eigenvalue weighted by Crippen LogP contribution is -2.57. The van der Waals surface area contributed by atoms with Gasteiger partial charge in [-0.15, -0.1) is 23.2 Å². The van der Waals surface area contributed by atoms with Gasteiger partial charge in [0, 0.05) is 0 Å². The fourth-order valence-electron chi connectivity index (χ4n) is 5.92. The van der Waals surface area contributed by atoms with E-state index in [2.05, 4.69) is 5.32 Å². The van der Waals surface area contributed by atoms with E-state index in [0.29, 0.717) is 5.76 Å². The molecule has 172 valence electrons. The lowest BCUT2D eigenvalue weighted by atomic mass is 9.54. The molecule has 3 aliphatic carbocycles. The maximum atomic E-state index is 13.8. The lowest BCUT2D eigenvalue weighted by Gasteiger charge is -2.54. The van der Waals surface area contributed by atoms with Crippen molar-refractivity contribution in [2.45, 2.75) is 29.3 Å². The van der Waals surface area contributed by atoms with Crippen LogP contribution in [0.1, 0.15) is 34.9 Å². The summed E-state index contributed by atoms with van der Waals surface area (Å²) in [5.74, 6) is -2.73. The minimum Gasteiger partial charge on any atom is -0.467 e. The van der Waals surface area contributed by atoms with Crippen LogP contribution in [0.2, 0.25) is 0 Å². The van der Waals surface area contributed by atoms with Crippen LogP contribution in [0.4, 0.5) is 0 Å². The molecule has 2 bridgehead atoms. The van der Waals surface area contributed by atoms with Gasteiger partial charge in [0.2, 0.25) is 17.7 Å². The van der Waals surface area contributed by atoms with Crippen LogP contribution in [0.15, 0.2) is 71.3 Å². The smallest absolute Gasteiger partial charge is 0.243 e. The van der Waals surface area contributed by atoms with E-state index < -0.39 is 45.3 Å². The summed E-state index contributed by atoms with van der Waals surface area (Å²) in [6, 6.07) is 17.3. The number of carbonyl (C=O) groups excluding carboxylic acids is 3. The molecular weight excluding hydrogens is 475 g/mol. The molecule has 2 aromatic carbocycles. The highest BCUT2D eigenvalue weighted by atomic mass is 35.5. The second kappa shape index (κ2) is 7.20. The van der Waals surface area contributed by atoms with Gasteiger partial charge in [0.05, 0.1) is 24.6 Å². The summed E-state index contributed by atoms with van der Waals surface area (Å²) in [5.41, 5.74) is 2.91. The zero-order chi connectivity index (χ0) is 23.8. The van der Waals surface area contributed by atoms with Gasteiger partial charge in [0.15, 0.2) is 0 Å². The third-order valence-corrected chi connectivity index (χ3v) is 8.69. The Morgan fingerprint density at radius 2 is 1.38 bits per heavy atom. The lowest BCUT2D eigenvalue weighted by molar-refractivity contribution is -0.147. The second-order valence-electron chi connectivity index (χ2n) is 8.99. The third kappa shape index (κ3) is 2.50. The summed E-state index contributed by atoms with van der Waals surface area (Å²) in [6.07, 6.45) is 1.51. The molecule has 0 spiro atoms. The van der Waals surface area contributed by atoms with Crippen LogP contribution in [0.25, 0.3) is 0 Å². The molecule has 0 saturated carbocycles. The van der Waals surface area contributed by atoms with Gasteiger partial charge in [-0.3, -0.25) is 19.3 Å². The molecular formula is C26H20Cl2N2O4. The van der Waals surface area contributed by atoms with Crippen molar-refractivity contribution in [3.8, 4) is 0 Å². The van der Waals surface area contributed by atoms with E-state index in [4.69, 9.17) is 27.6 Å². The maximum absolute atomic E-state index is 13.8. The van der Waals surface area contributed by atoms with Gasteiger partial charge in [0.1, 0.15) is 21.6 Å². The van der Waals surface area contributed by atoms with E-state index in [1.807, 2.05) is 48.5 Å². The van der Waals surface area contributed by atoms with Gasteiger partial charge in [-0.25, -0.2) is 0 Å². The standard InChI is InChI=1S/C26H20Cl2N2O4/c1-14(22(31)29-13-15-7-6-12-34-15)30-23(32)20-21(24(30)33)26(28)17-9-3-2-8-16(17)25(20,27)18-10-4-5-11-19(18)26/h2-12,14,20-21H,13H2,1H3,(H,29,31)/t14-,20-,21+,25?,26?/m1/s1. The van der Waals surface area contributed by atoms with Crippen LogP contribution in [-0.2, 0) is 30.7 Å². The minimum absolute atomic E-state index is 0.148. The van der Waals surface area contributed by atoms with Crippen LogP contribution < -0.4 is 5.32 Å². The number of likely N-dealkylation sites (tertiary alicyclic amines) is 1. The van der Waals surface area contributed by atoms with Crippen molar-refractivity contribution in [1.82, 2.24) is 10.2 Å². The topological polar surface area (TPSA) is 79.6 Å². The molecule has 7 rings (SSSR count). The quantitative estimate of drug-likeness (QED) is 0.440. The van der Waals surface area contributed by atoms with Crippen molar-refractivity contribution in [2.75, 3.05) is 0 Å². The Bertz CT molecular complexity index is 1230. The van der Waals surface area contributed by atoms with Crippen molar-refractivity contribution in [2.24, 2.45) is 11.8 Å². The molecule has 1 aromatic heterocycles. The molecule has 1 aliphatic heterocycles. The predicted octanol–water partition coefficient (Wildman–Crippen LogP) is 3.88. The first kappa shape index (κ1) is 21.4. The Morgan fingerprint density at radius 3 is 1.79 bits per heavy atom. The van der Waals surface area contributed by atoms with Crippen molar-refractivity contribution in [3.63, 3.8) is 0 Å². The molecule has 1 fully saturated rings. The molecule has 6 nitrogen and oxygen atoms in total. The summed E-state index contributed by atoms with van der Waals surface area (Å²) in [6.45, 7) is 1.68. The highest BCUT2D eigenvalue weighted by Gasteiger charge is 2.73. The fourth-order valence-corrected chi connectivity index (χ4v) is 7.02. The van der Waals surface area contributed by atoms with Crippen LogP contribution in [-0.4, -0.2) is 28.7 Å². The number of nitrogens with zero attached hydrogens (tertiary/aromatic N) is 1. The Balaban J connectivity index is 1.44. The monoisotopic (exact) mass is 494 g/mol. The summed E-state index contributed by atoms with van der Waals surface area (Å²) in [4.78, 5) is 39.1. The average Bonchev–Trinajstić information content (AvgIpc) is 3.46. The normalized spacial score (nSPS) is 29.4. The van der Waals surface area contributed by atoms with Crippen LogP contribution in [0, 0.1) is 11.8 Å². The van der Waals surface area contributed by atoms with E-state index in [0.717, 1.165) is 27.2 Å². The maximum Gasteiger partial charge on any atom is 0.243 e. The molecule has 3 aromatic rings. The number of furan rings is 1.